The molecule has 0 unspecified atom stereocenters. The first-order chi connectivity index (χ1) is 15.9. The number of carbonyl (C=O) groups is 1. The molecule has 3 heterocycles. The molecule has 1 N–H and O–H groups in total. The van der Waals surface area contributed by atoms with Crippen LogP contribution in [0.2, 0.25) is 0 Å². The number of nitrogens with zero attached hydrogens (tertiary/aromatic N) is 3. The molecule has 1 spiro atoms. The lowest BCUT2D eigenvalue weighted by Crippen LogP contribution is -2.34. The van der Waals surface area contributed by atoms with Crippen molar-refractivity contribution in [2.75, 3.05) is 18.5 Å². The lowest BCUT2D eigenvalue weighted by molar-refractivity contribution is -0.179. The van der Waals surface area contributed by atoms with Gasteiger partial charge in [-0.3, -0.25) is 14.3 Å². The van der Waals surface area contributed by atoms with Gasteiger partial charge in [0.2, 0.25) is 0 Å². The quantitative estimate of drug-likeness (QED) is 0.745. The van der Waals surface area contributed by atoms with Gasteiger partial charge in [-0.2, -0.15) is 0 Å². The van der Waals surface area contributed by atoms with Gasteiger partial charge >= 0.3 is 0 Å². The van der Waals surface area contributed by atoms with Gasteiger partial charge in [-0.15, -0.1) is 0 Å². The van der Waals surface area contributed by atoms with Gasteiger partial charge in [-0.05, 0) is 39.5 Å². The van der Waals surface area contributed by atoms with Gasteiger partial charge in [0.05, 0.1) is 24.9 Å². The van der Waals surface area contributed by atoms with E-state index in [0.29, 0.717) is 18.9 Å². The third-order valence-electron chi connectivity index (χ3n) is 7.86. The molecule has 2 saturated carbocycles. The Hall–Kier alpha value is -2.39. The minimum atomic E-state index is -0.437. The Morgan fingerprint density at radius 2 is 1.73 bits per heavy atom. The third kappa shape index (κ3) is 3.95. The zero-order valence-corrected chi connectivity index (χ0v) is 19.8. The molecule has 1 saturated heterocycles. The Morgan fingerprint density at radius 1 is 1.06 bits per heavy atom. The highest BCUT2D eigenvalue weighted by molar-refractivity contribution is 6.04. The maximum absolute atomic E-state index is 13.2. The monoisotopic (exact) mass is 458 g/mol. The molecule has 2 aromatic rings. The number of nitrogens with one attached hydrogen (secondary N) is 1. The van der Waals surface area contributed by atoms with Crippen LogP contribution in [0.1, 0.15) is 97.3 Å². The molecule has 0 atom stereocenters. The Kier molecular flexibility index (Phi) is 5.95. The summed E-state index contributed by atoms with van der Waals surface area (Å²) in [5.74, 6) is 0.0870. The predicted octanol–water partition coefficient (Wildman–Crippen LogP) is 3.95. The van der Waals surface area contributed by atoms with Gasteiger partial charge in [-0.1, -0.05) is 24.4 Å². The third-order valence-corrected chi connectivity index (χ3v) is 7.86. The summed E-state index contributed by atoms with van der Waals surface area (Å²) < 4.78 is 21.0. The number of rotatable bonds is 4. The van der Waals surface area contributed by atoms with Crippen molar-refractivity contribution < 1.29 is 18.8 Å². The van der Waals surface area contributed by atoms with Gasteiger partial charge in [-0.25, -0.2) is 4.68 Å². The van der Waals surface area contributed by atoms with Crippen LogP contribution in [0.3, 0.4) is 0 Å². The summed E-state index contributed by atoms with van der Waals surface area (Å²) >= 11 is 0. The summed E-state index contributed by atoms with van der Waals surface area (Å²) in [7, 11) is 1.88. The summed E-state index contributed by atoms with van der Waals surface area (Å²) in [6.45, 7) is 5.03. The molecule has 2 aliphatic carbocycles. The lowest BCUT2D eigenvalue weighted by Gasteiger charge is -2.34. The lowest BCUT2D eigenvalue weighted by atomic mass is 9.82. The number of anilines is 1. The fourth-order valence-electron chi connectivity index (χ4n) is 5.83. The summed E-state index contributed by atoms with van der Waals surface area (Å²) in [6.07, 6.45) is 8.81. The number of hydrogen-bond acceptors (Lipinski definition) is 6. The van der Waals surface area contributed by atoms with Crippen molar-refractivity contribution in [3.05, 3.63) is 33.1 Å². The first-order valence-electron chi connectivity index (χ1n) is 12.2. The number of aromatic nitrogens is 3. The van der Waals surface area contributed by atoms with Crippen molar-refractivity contribution >= 4 is 11.6 Å². The average molecular weight is 459 g/mol. The van der Waals surface area contributed by atoms with Crippen LogP contribution < -0.4 is 10.9 Å². The summed E-state index contributed by atoms with van der Waals surface area (Å²) in [6, 6.07) is 0.184. The maximum atomic E-state index is 13.2. The molecule has 3 fully saturated rings. The number of carbonyl (C=O) groups excluding carboxylic acids is 1. The molecule has 3 aliphatic rings. The van der Waals surface area contributed by atoms with E-state index in [4.69, 9.17) is 14.0 Å². The molecule has 5 rings (SSSR count). The molecule has 9 nitrogen and oxygen atoms in total. The molecule has 33 heavy (non-hydrogen) atoms. The van der Waals surface area contributed by atoms with Crippen LogP contribution in [0, 0.1) is 13.8 Å². The van der Waals surface area contributed by atoms with Crippen molar-refractivity contribution in [2.45, 2.75) is 89.4 Å². The first-order valence-corrected chi connectivity index (χ1v) is 12.2. The van der Waals surface area contributed by atoms with Gasteiger partial charge in [0, 0.05) is 31.4 Å². The van der Waals surface area contributed by atoms with E-state index in [-0.39, 0.29) is 23.2 Å². The van der Waals surface area contributed by atoms with Gasteiger partial charge in [0.15, 0.2) is 11.5 Å². The van der Waals surface area contributed by atoms with E-state index in [0.717, 1.165) is 68.4 Å². The Bertz CT molecular complexity index is 1080. The second kappa shape index (κ2) is 8.76. The van der Waals surface area contributed by atoms with E-state index in [9.17, 15) is 9.59 Å². The summed E-state index contributed by atoms with van der Waals surface area (Å²) in [5, 5.41) is 6.93. The topological polar surface area (TPSA) is 101 Å². The van der Waals surface area contributed by atoms with Gasteiger partial charge in [0.25, 0.3) is 11.5 Å². The second-order valence-electron chi connectivity index (χ2n) is 9.78. The molecule has 2 aromatic heterocycles. The van der Waals surface area contributed by atoms with Crippen LogP contribution in [0.25, 0.3) is 0 Å². The van der Waals surface area contributed by atoms with Crippen molar-refractivity contribution in [1.29, 1.82) is 0 Å². The van der Waals surface area contributed by atoms with E-state index in [1.165, 1.54) is 6.42 Å². The van der Waals surface area contributed by atoms with Crippen LogP contribution in [0.5, 0.6) is 0 Å². The summed E-state index contributed by atoms with van der Waals surface area (Å²) in [5.41, 5.74) is 1.90. The standard InChI is InChI=1S/C24H34N4O5/c1-15-19(26-33-21(15)17-9-11-24(12-10-17)31-13-14-32-24)22(29)25-20-16(2)27(3)28(23(20)30)18-7-5-4-6-8-18/h17-18H,4-14H2,1-3H3,(H,25,29). The predicted molar refractivity (Wildman–Crippen MR) is 122 cm³/mol. The smallest absolute Gasteiger partial charge is 0.291 e. The molecule has 1 amide bonds. The highest BCUT2D eigenvalue weighted by atomic mass is 16.7. The average Bonchev–Trinajstić information content (AvgIpc) is 3.49. The van der Waals surface area contributed by atoms with E-state index in [1.807, 2.05) is 25.6 Å². The van der Waals surface area contributed by atoms with Crippen molar-refractivity contribution in [2.24, 2.45) is 7.05 Å². The first kappa shape index (κ1) is 22.4. The second-order valence-corrected chi connectivity index (χ2v) is 9.78. The van der Waals surface area contributed by atoms with Crippen LogP contribution in [0.15, 0.2) is 9.32 Å². The molecule has 180 valence electrons. The maximum Gasteiger partial charge on any atom is 0.291 e. The van der Waals surface area contributed by atoms with Crippen LogP contribution >= 0.6 is 0 Å². The van der Waals surface area contributed by atoms with Gasteiger partial charge in [0.1, 0.15) is 11.4 Å². The van der Waals surface area contributed by atoms with E-state index >= 15 is 0 Å². The highest BCUT2D eigenvalue weighted by Gasteiger charge is 2.42. The minimum absolute atomic E-state index is 0.147. The summed E-state index contributed by atoms with van der Waals surface area (Å²) in [4.78, 5) is 26.3. The molecular weight excluding hydrogens is 424 g/mol. The fourth-order valence-corrected chi connectivity index (χ4v) is 5.83. The number of ether oxygens (including phenoxy) is 2. The molecule has 0 aromatic carbocycles. The molecule has 0 bridgehead atoms. The zero-order chi connectivity index (χ0) is 23.2. The Morgan fingerprint density at radius 3 is 2.39 bits per heavy atom. The van der Waals surface area contributed by atoms with Crippen LogP contribution in [-0.4, -0.2) is 39.4 Å². The van der Waals surface area contributed by atoms with E-state index < -0.39 is 11.7 Å². The van der Waals surface area contributed by atoms with Crippen LogP contribution in [-0.2, 0) is 16.5 Å². The van der Waals surface area contributed by atoms with E-state index in [1.54, 1.807) is 4.68 Å². The number of amides is 1. The van der Waals surface area contributed by atoms with Crippen molar-refractivity contribution in [1.82, 2.24) is 14.5 Å². The van der Waals surface area contributed by atoms with Gasteiger partial charge < -0.3 is 19.3 Å². The molecule has 0 radical (unpaired) electrons. The van der Waals surface area contributed by atoms with Crippen molar-refractivity contribution in [3.63, 3.8) is 0 Å². The molecular formula is C24H34N4O5. The number of hydrogen-bond donors (Lipinski definition) is 1. The Balaban J connectivity index is 1.32. The van der Waals surface area contributed by atoms with Crippen molar-refractivity contribution in [3.8, 4) is 0 Å². The molecule has 9 heteroatoms. The SMILES string of the molecule is Cc1c(C(=O)Nc2c(C)n(C)n(C3CCCCC3)c2=O)noc1C1CCC2(CC1)OCCO2. The fraction of sp³-hybridized carbons (Fsp3) is 0.708. The Labute approximate surface area is 193 Å². The van der Waals surface area contributed by atoms with Crippen LogP contribution in [0.4, 0.5) is 5.69 Å². The van der Waals surface area contributed by atoms with E-state index in [2.05, 4.69) is 10.5 Å². The molecule has 1 aliphatic heterocycles. The minimum Gasteiger partial charge on any atom is -0.360 e. The largest absolute Gasteiger partial charge is 0.360 e. The normalized spacial score (nSPS) is 21.7. The zero-order valence-electron chi connectivity index (χ0n) is 19.8. The highest BCUT2D eigenvalue weighted by Crippen LogP contribution is 2.43.